The average molecular weight is 819 g/mol. The maximum absolute atomic E-state index is 2.93. The summed E-state index contributed by atoms with van der Waals surface area (Å²) in [7, 11) is -2.93. The highest BCUT2D eigenvalue weighted by Crippen LogP contribution is 2.39. The fraction of sp³-hybridized carbons (Fsp3) is 0. The predicted octanol–water partition coefficient (Wildman–Crippen LogP) is 12.6. The molecule has 12 aromatic rings. The van der Waals surface area contributed by atoms with Gasteiger partial charge in [0.05, 0.1) is 22.1 Å². The van der Waals surface area contributed by atoms with E-state index in [2.05, 4.69) is 264 Å². The van der Waals surface area contributed by atoms with Gasteiger partial charge in [-0.05, 0) is 91.5 Å². The molecule has 0 saturated heterocycles. The van der Waals surface area contributed by atoms with Crippen LogP contribution in [0.3, 0.4) is 0 Å². The summed E-state index contributed by atoms with van der Waals surface area (Å²) in [6.07, 6.45) is 0. The lowest BCUT2D eigenvalue weighted by Gasteiger charge is -2.35. The van der Waals surface area contributed by atoms with E-state index in [1.54, 1.807) is 0 Å². The third-order valence-electron chi connectivity index (χ3n) is 13.0. The van der Waals surface area contributed by atoms with E-state index in [0.717, 1.165) is 11.4 Å². The Kier molecular flexibility index (Phi) is 8.87. The Morgan fingerprint density at radius 1 is 0.254 bits per heavy atom. The van der Waals surface area contributed by atoms with Gasteiger partial charge in [-0.25, -0.2) is 0 Å². The van der Waals surface area contributed by atoms with Crippen LogP contribution in [-0.2, 0) is 0 Å². The lowest BCUT2D eigenvalue weighted by atomic mass is 10.0. The highest BCUT2D eigenvalue weighted by Gasteiger charge is 2.43. The molecule has 2 nitrogen and oxygen atoms in total. The SMILES string of the molecule is c1ccc(-c2cccc(-n3c4ccc(-c5ccccc5)cc4c4cc(-n5c6ccccc6c6cccc([Si](c7ccccc7)(c7ccccc7)c7ccccc7)c65)ccc43)c2)cc1. The van der Waals surface area contributed by atoms with Gasteiger partial charge in [0.15, 0.2) is 8.07 Å². The predicted molar refractivity (Wildman–Crippen MR) is 270 cm³/mol. The van der Waals surface area contributed by atoms with Crippen LogP contribution in [0.2, 0.25) is 0 Å². The van der Waals surface area contributed by atoms with Crippen LogP contribution in [0.4, 0.5) is 0 Å². The fourth-order valence-electron chi connectivity index (χ4n) is 10.3. The molecule has 0 bridgehead atoms. The summed E-state index contributed by atoms with van der Waals surface area (Å²) in [5.74, 6) is 0. The third kappa shape index (κ3) is 5.93. The van der Waals surface area contributed by atoms with Gasteiger partial charge in [0.25, 0.3) is 0 Å². The molecule has 0 spiro atoms. The third-order valence-corrected chi connectivity index (χ3v) is 17.9. The van der Waals surface area contributed by atoms with Crippen molar-refractivity contribution in [3.05, 3.63) is 255 Å². The molecule has 0 radical (unpaired) electrons. The maximum atomic E-state index is 2.57. The molecular weight excluding hydrogens is 777 g/mol. The number of fused-ring (bicyclic) bond motifs is 6. The molecule has 0 unspecified atom stereocenters. The number of aromatic nitrogens is 2. The molecule has 0 atom stereocenters. The molecule has 0 aliphatic rings. The van der Waals surface area contributed by atoms with Crippen molar-refractivity contribution in [2.24, 2.45) is 0 Å². The molecule has 0 aliphatic heterocycles. The molecule has 0 amide bonds. The standard InChI is InChI=1S/C60H42N2Si/c1-6-20-43(21-7-1)45-24-18-25-47(40-45)61-57-38-36-46(44-22-8-2-9-23-44)41-54(57)55-42-48(37-39-58(55)61)62-56-34-17-16-32-52(56)53-33-19-35-59(60(53)62)63(49-26-10-3-11-27-49,50-28-12-4-13-29-50)51-30-14-5-15-31-51/h1-42H. The monoisotopic (exact) mass is 818 g/mol. The Morgan fingerprint density at radius 2 is 0.698 bits per heavy atom. The second-order valence-corrected chi connectivity index (χ2v) is 20.2. The summed E-state index contributed by atoms with van der Waals surface area (Å²) in [5, 5.41) is 10.4. The second kappa shape index (κ2) is 15.2. The van der Waals surface area contributed by atoms with Crippen LogP contribution in [0.5, 0.6) is 0 Å². The molecule has 63 heavy (non-hydrogen) atoms. The van der Waals surface area contributed by atoms with Crippen molar-refractivity contribution in [1.29, 1.82) is 0 Å². The van der Waals surface area contributed by atoms with Crippen molar-refractivity contribution in [2.45, 2.75) is 0 Å². The number of hydrogen-bond acceptors (Lipinski definition) is 0. The van der Waals surface area contributed by atoms with Crippen LogP contribution in [0.25, 0.3) is 77.2 Å². The van der Waals surface area contributed by atoms with Crippen molar-refractivity contribution < 1.29 is 0 Å². The molecule has 2 aromatic heterocycles. The average Bonchev–Trinajstić information content (AvgIpc) is 3.88. The van der Waals surface area contributed by atoms with Crippen molar-refractivity contribution in [1.82, 2.24) is 9.13 Å². The van der Waals surface area contributed by atoms with Crippen molar-refractivity contribution >= 4 is 72.4 Å². The molecule has 10 aromatic carbocycles. The van der Waals surface area contributed by atoms with E-state index >= 15 is 0 Å². The molecule has 0 N–H and O–H groups in total. The van der Waals surface area contributed by atoms with E-state index in [-0.39, 0.29) is 0 Å². The van der Waals surface area contributed by atoms with Gasteiger partial charge in [-0.15, -0.1) is 0 Å². The van der Waals surface area contributed by atoms with E-state index in [1.165, 1.54) is 86.6 Å². The van der Waals surface area contributed by atoms with Crippen molar-refractivity contribution in [3.8, 4) is 33.6 Å². The molecule has 0 aliphatic carbocycles. The summed E-state index contributed by atoms with van der Waals surface area (Å²) in [6, 6.07) is 94.3. The maximum Gasteiger partial charge on any atom is 0.181 e. The molecule has 0 saturated carbocycles. The molecule has 12 rings (SSSR count). The lowest BCUT2D eigenvalue weighted by molar-refractivity contribution is 1.17. The number of para-hydroxylation sites is 2. The first-order valence-corrected chi connectivity index (χ1v) is 23.8. The summed E-state index contributed by atoms with van der Waals surface area (Å²) < 4.78 is 5.02. The van der Waals surface area contributed by atoms with E-state index < -0.39 is 8.07 Å². The van der Waals surface area contributed by atoms with Crippen molar-refractivity contribution in [2.75, 3.05) is 0 Å². The van der Waals surface area contributed by atoms with Crippen LogP contribution in [0.1, 0.15) is 0 Å². The van der Waals surface area contributed by atoms with Crippen molar-refractivity contribution in [3.63, 3.8) is 0 Å². The minimum Gasteiger partial charge on any atom is -0.309 e. The zero-order valence-corrected chi connectivity index (χ0v) is 35.6. The smallest absolute Gasteiger partial charge is 0.181 e. The molecule has 2 heterocycles. The molecule has 0 fully saturated rings. The number of benzene rings is 10. The van der Waals surface area contributed by atoms with Gasteiger partial charge in [0.2, 0.25) is 0 Å². The topological polar surface area (TPSA) is 9.86 Å². The number of hydrogen-bond donors (Lipinski definition) is 0. The summed E-state index contributed by atoms with van der Waals surface area (Å²) >= 11 is 0. The minimum absolute atomic E-state index is 1.14. The van der Waals surface area contributed by atoms with E-state index in [4.69, 9.17) is 0 Å². The van der Waals surface area contributed by atoms with Gasteiger partial charge in [0.1, 0.15) is 0 Å². The van der Waals surface area contributed by atoms with Gasteiger partial charge < -0.3 is 9.13 Å². The minimum atomic E-state index is -2.93. The van der Waals surface area contributed by atoms with Gasteiger partial charge in [-0.2, -0.15) is 0 Å². The Morgan fingerprint density at radius 3 is 1.32 bits per heavy atom. The van der Waals surface area contributed by atoms with E-state index in [1.807, 2.05) is 0 Å². The summed E-state index contributed by atoms with van der Waals surface area (Å²) in [6.45, 7) is 0. The Labute approximate surface area is 368 Å². The molecule has 3 heteroatoms. The summed E-state index contributed by atoms with van der Waals surface area (Å²) in [4.78, 5) is 0. The van der Waals surface area contributed by atoms with Crippen LogP contribution < -0.4 is 20.7 Å². The van der Waals surface area contributed by atoms with Gasteiger partial charge in [0, 0.05) is 32.9 Å². The van der Waals surface area contributed by atoms with Gasteiger partial charge in [-0.1, -0.05) is 206 Å². The Bertz CT molecular complexity index is 3500. The normalized spacial score (nSPS) is 11.8. The fourth-order valence-corrected chi connectivity index (χ4v) is 15.3. The molecular formula is C60H42N2Si. The zero-order chi connectivity index (χ0) is 41.7. The second-order valence-electron chi connectivity index (χ2n) is 16.5. The van der Waals surface area contributed by atoms with Crippen LogP contribution in [0, 0.1) is 0 Å². The van der Waals surface area contributed by atoms with Crippen LogP contribution in [-0.4, -0.2) is 17.2 Å². The molecule has 296 valence electrons. The Balaban J connectivity index is 1.18. The Hall–Kier alpha value is -7.98. The highest BCUT2D eigenvalue weighted by molar-refractivity contribution is 7.20. The highest BCUT2D eigenvalue weighted by atomic mass is 28.3. The lowest BCUT2D eigenvalue weighted by Crippen LogP contribution is -2.75. The first kappa shape index (κ1) is 36.8. The van der Waals surface area contributed by atoms with E-state index in [0.29, 0.717) is 0 Å². The first-order chi connectivity index (χ1) is 31.3. The van der Waals surface area contributed by atoms with E-state index in [9.17, 15) is 0 Å². The van der Waals surface area contributed by atoms with Crippen LogP contribution >= 0.6 is 0 Å². The first-order valence-electron chi connectivity index (χ1n) is 21.8. The number of rotatable bonds is 8. The zero-order valence-electron chi connectivity index (χ0n) is 34.6. The number of nitrogens with zero attached hydrogens (tertiary/aromatic N) is 2. The van der Waals surface area contributed by atoms with Crippen LogP contribution in [0.15, 0.2) is 255 Å². The van der Waals surface area contributed by atoms with Gasteiger partial charge in [-0.3, -0.25) is 0 Å². The van der Waals surface area contributed by atoms with Gasteiger partial charge >= 0.3 is 0 Å². The largest absolute Gasteiger partial charge is 0.309 e. The summed E-state index contributed by atoms with van der Waals surface area (Å²) in [5.41, 5.74) is 11.9. The quantitative estimate of drug-likeness (QED) is 0.107.